The van der Waals surface area contributed by atoms with Crippen LogP contribution in [0.2, 0.25) is 0 Å². The summed E-state index contributed by atoms with van der Waals surface area (Å²) >= 11 is 0. The summed E-state index contributed by atoms with van der Waals surface area (Å²) in [5.74, 6) is 1.61. The van der Waals surface area contributed by atoms with Crippen LogP contribution in [0.15, 0.2) is 60.9 Å². The van der Waals surface area contributed by atoms with Crippen LogP contribution in [-0.2, 0) is 4.57 Å². The van der Waals surface area contributed by atoms with Gasteiger partial charge in [0.25, 0.3) is 0 Å². The maximum Gasteiger partial charge on any atom is 0.164 e. The molecule has 0 saturated heterocycles. The van der Waals surface area contributed by atoms with Crippen LogP contribution in [0, 0.1) is 13.8 Å². The molecule has 1 nitrogen and oxygen atoms in total. The van der Waals surface area contributed by atoms with E-state index in [4.69, 9.17) is 0 Å². The normalized spacial score (nSPS) is 11.2. The summed E-state index contributed by atoms with van der Waals surface area (Å²) in [5.41, 5.74) is 2.09. The van der Waals surface area contributed by atoms with Gasteiger partial charge < -0.3 is 4.57 Å². The highest BCUT2D eigenvalue weighted by atomic mass is 31.2. The van der Waals surface area contributed by atoms with Crippen molar-refractivity contribution in [2.75, 3.05) is 0 Å². The maximum atomic E-state index is 13.3. The lowest BCUT2D eigenvalue weighted by Crippen LogP contribution is -2.18. The summed E-state index contributed by atoms with van der Waals surface area (Å²) in [5, 5.41) is 1.77. The molecule has 0 amide bonds. The molecule has 0 heterocycles. The molecular formula is C16H17OP. The van der Waals surface area contributed by atoms with Crippen molar-refractivity contribution in [1.82, 2.24) is 0 Å². The predicted molar refractivity (Wildman–Crippen MR) is 79.4 cm³/mol. The van der Waals surface area contributed by atoms with E-state index < -0.39 is 7.14 Å². The Labute approximate surface area is 109 Å². The highest BCUT2D eigenvalue weighted by Crippen LogP contribution is 2.45. The second-order valence-electron chi connectivity index (χ2n) is 4.41. The molecule has 0 unspecified atom stereocenters. The van der Waals surface area contributed by atoms with Crippen molar-refractivity contribution >= 4 is 17.8 Å². The standard InChI is InChI=1S/C16H17OP/c1-4-18(17,15-11-7-5-9-13(15)2)16-12-8-6-10-14(16)3/h4-12H,1H2,2-3H3. The fourth-order valence-electron chi connectivity index (χ4n) is 2.20. The van der Waals surface area contributed by atoms with Crippen molar-refractivity contribution in [3.63, 3.8) is 0 Å². The zero-order valence-electron chi connectivity index (χ0n) is 10.8. The Morgan fingerprint density at radius 2 is 1.28 bits per heavy atom. The third-order valence-electron chi connectivity index (χ3n) is 3.20. The van der Waals surface area contributed by atoms with E-state index in [0.717, 1.165) is 21.7 Å². The number of rotatable bonds is 3. The molecule has 2 rings (SSSR count). The molecule has 0 N–H and O–H groups in total. The van der Waals surface area contributed by atoms with Crippen LogP contribution < -0.4 is 10.6 Å². The lowest BCUT2D eigenvalue weighted by molar-refractivity contribution is 0.592. The van der Waals surface area contributed by atoms with E-state index >= 15 is 0 Å². The average molecular weight is 256 g/mol. The lowest BCUT2D eigenvalue weighted by atomic mass is 10.2. The molecule has 0 saturated carbocycles. The molecule has 0 atom stereocenters. The molecule has 0 fully saturated rings. The Morgan fingerprint density at radius 1 is 0.889 bits per heavy atom. The number of hydrogen-bond acceptors (Lipinski definition) is 1. The van der Waals surface area contributed by atoms with Crippen LogP contribution in [0.1, 0.15) is 11.1 Å². The van der Waals surface area contributed by atoms with Crippen molar-refractivity contribution in [3.05, 3.63) is 72.1 Å². The summed E-state index contributed by atoms with van der Waals surface area (Å²) in [6, 6.07) is 15.6. The van der Waals surface area contributed by atoms with Gasteiger partial charge in [0.05, 0.1) is 0 Å². The van der Waals surface area contributed by atoms with Gasteiger partial charge in [0.2, 0.25) is 0 Å². The first-order chi connectivity index (χ1) is 8.59. The van der Waals surface area contributed by atoms with Crippen LogP contribution >= 0.6 is 7.14 Å². The largest absolute Gasteiger partial charge is 0.309 e. The van der Waals surface area contributed by atoms with E-state index in [1.807, 2.05) is 62.4 Å². The first-order valence-corrected chi connectivity index (χ1v) is 7.73. The number of benzene rings is 2. The zero-order chi connectivity index (χ0) is 13.2. The van der Waals surface area contributed by atoms with E-state index in [0.29, 0.717) is 0 Å². The van der Waals surface area contributed by atoms with Gasteiger partial charge in [-0.15, -0.1) is 0 Å². The smallest absolute Gasteiger partial charge is 0.164 e. The van der Waals surface area contributed by atoms with Crippen LogP contribution in [-0.4, -0.2) is 0 Å². The lowest BCUT2D eigenvalue weighted by Gasteiger charge is -2.19. The van der Waals surface area contributed by atoms with E-state index in [9.17, 15) is 4.57 Å². The van der Waals surface area contributed by atoms with Crippen molar-refractivity contribution < 1.29 is 4.57 Å². The Kier molecular flexibility index (Phi) is 3.54. The molecule has 2 aromatic rings. The quantitative estimate of drug-likeness (QED) is 0.764. The molecular weight excluding hydrogens is 239 g/mol. The molecule has 0 aliphatic carbocycles. The van der Waals surface area contributed by atoms with Crippen molar-refractivity contribution in [1.29, 1.82) is 0 Å². The molecule has 0 radical (unpaired) electrons. The van der Waals surface area contributed by atoms with Gasteiger partial charge >= 0.3 is 0 Å². The monoisotopic (exact) mass is 256 g/mol. The maximum absolute atomic E-state index is 13.3. The van der Waals surface area contributed by atoms with Gasteiger partial charge in [0.1, 0.15) is 0 Å². The molecule has 0 bridgehead atoms. The van der Waals surface area contributed by atoms with Crippen molar-refractivity contribution in [2.45, 2.75) is 13.8 Å². The van der Waals surface area contributed by atoms with Crippen LogP contribution in [0.4, 0.5) is 0 Å². The SMILES string of the molecule is C=CP(=O)(c1ccccc1C)c1ccccc1C. The molecule has 92 valence electrons. The number of hydrogen-bond donors (Lipinski definition) is 0. The Balaban J connectivity index is 2.71. The van der Waals surface area contributed by atoms with Crippen molar-refractivity contribution in [3.8, 4) is 0 Å². The summed E-state index contributed by atoms with van der Waals surface area (Å²) < 4.78 is 13.3. The Morgan fingerprint density at radius 3 is 1.61 bits per heavy atom. The second kappa shape index (κ2) is 4.96. The minimum Gasteiger partial charge on any atom is -0.309 e. The highest BCUT2D eigenvalue weighted by Gasteiger charge is 2.26. The van der Waals surface area contributed by atoms with Crippen LogP contribution in [0.3, 0.4) is 0 Å². The van der Waals surface area contributed by atoms with E-state index in [-0.39, 0.29) is 0 Å². The van der Waals surface area contributed by atoms with Gasteiger partial charge in [0.15, 0.2) is 7.14 Å². The second-order valence-corrected chi connectivity index (χ2v) is 7.06. The molecule has 2 aromatic carbocycles. The van der Waals surface area contributed by atoms with Gasteiger partial charge in [-0.2, -0.15) is 0 Å². The van der Waals surface area contributed by atoms with E-state index in [2.05, 4.69) is 6.58 Å². The molecule has 0 aliphatic heterocycles. The van der Waals surface area contributed by atoms with Gasteiger partial charge in [0, 0.05) is 10.6 Å². The van der Waals surface area contributed by atoms with E-state index in [1.54, 1.807) is 5.82 Å². The summed E-state index contributed by atoms with van der Waals surface area (Å²) in [4.78, 5) is 0. The average Bonchev–Trinajstić information content (AvgIpc) is 2.39. The topological polar surface area (TPSA) is 17.1 Å². The Bertz CT molecular complexity index is 579. The first kappa shape index (κ1) is 12.9. The molecule has 0 aromatic heterocycles. The van der Waals surface area contributed by atoms with Gasteiger partial charge in [-0.05, 0) is 30.8 Å². The minimum atomic E-state index is -2.72. The first-order valence-electron chi connectivity index (χ1n) is 5.95. The molecule has 2 heteroatoms. The van der Waals surface area contributed by atoms with Gasteiger partial charge in [-0.1, -0.05) is 55.1 Å². The van der Waals surface area contributed by atoms with Crippen LogP contribution in [0.25, 0.3) is 0 Å². The molecule has 0 spiro atoms. The van der Waals surface area contributed by atoms with Crippen LogP contribution in [0.5, 0.6) is 0 Å². The van der Waals surface area contributed by atoms with Gasteiger partial charge in [-0.25, -0.2) is 0 Å². The van der Waals surface area contributed by atoms with Crippen molar-refractivity contribution in [2.24, 2.45) is 0 Å². The van der Waals surface area contributed by atoms with E-state index in [1.165, 1.54) is 0 Å². The minimum absolute atomic E-state index is 0.884. The third-order valence-corrected chi connectivity index (χ3v) is 6.15. The number of aryl methyl sites for hydroxylation is 2. The fraction of sp³-hybridized carbons (Fsp3) is 0.125. The van der Waals surface area contributed by atoms with Gasteiger partial charge in [-0.3, -0.25) is 0 Å². The summed E-state index contributed by atoms with van der Waals surface area (Å²) in [7, 11) is -2.72. The molecule has 18 heavy (non-hydrogen) atoms. The summed E-state index contributed by atoms with van der Waals surface area (Å²) in [6.45, 7) is 7.78. The fourth-order valence-corrected chi connectivity index (χ4v) is 4.66. The Hall–Kier alpha value is -1.59. The highest BCUT2D eigenvalue weighted by molar-refractivity contribution is 7.81. The molecule has 0 aliphatic rings. The predicted octanol–water partition coefficient (Wildman–Crippen LogP) is 3.76. The third kappa shape index (κ3) is 2.07. The zero-order valence-corrected chi connectivity index (χ0v) is 11.7. The summed E-state index contributed by atoms with van der Waals surface area (Å²) in [6.07, 6.45) is 0.